The first-order valence-corrected chi connectivity index (χ1v) is 7.00. The molecule has 2 aromatic rings. The predicted octanol–water partition coefficient (Wildman–Crippen LogP) is 3.27. The zero-order chi connectivity index (χ0) is 11.8. The van der Waals surface area contributed by atoms with Crippen molar-refractivity contribution in [2.75, 3.05) is 6.61 Å². The first kappa shape index (κ1) is 11.3. The van der Waals surface area contributed by atoms with Gasteiger partial charge in [0.2, 0.25) is 0 Å². The van der Waals surface area contributed by atoms with Crippen LogP contribution in [-0.2, 0) is 19.4 Å². The molecule has 0 radical (unpaired) electrons. The van der Waals surface area contributed by atoms with Crippen LogP contribution in [0.5, 0.6) is 0 Å². The number of hydrogen-bond acceptors (Lipinski definition) is 1. The lowest BCUT2D eigenvalue weighted by atomic mass is 10.0. The Bertz CT molecular complexity index is 559. The van der Waals surface area contributed by atoms with Crippen LogP contribution in [0.15, 0.2) is 22.7 Å². The number of hydrogen-bond donors (Lipinski definition) is 1. The minimum Gasteiger partial charge on any atom is -0.396 e. The molecule has 0 fully saturated rings. The van der Waals surface area contributed by atoms with Crippen LogP contribution >= 0.6 is 15.9 Å². The standard InChI is InChI=1S/C14H16BrNO/c15-12-7-10-3-1-5-16-13(4-2-6-17)9-11(8-12)14(10)16/h7-9,17H,1-6H2. The average molecular weight is 294 g/mol. The van der Waals surface area contributed by atoms with Crippen molar-refractivity contribution in [1.29, 1.82) is 0 Å². The molecule has 0 bridgehead atoms. The topological polar surface area (TPSA) is 25.2 Å². The third kappa shape index (κ3) is 1.91. The summed E-state index contributed by atoms with van der Waals surface area (Å²) in [6, 6.07) is 6.72. The second kappa shape index (κ2) is 4.46. The SMILES string of the molecule is OCCCc1cc2cc(Br)cc3c2n1CCC3. The van der Waals surface area contributed by atoms with E-state index in [0.717, 1.165) is 19.4 Å². The van der Waals surface area contributed by atoms with Crippen molar-refractivity contribution >= 4 is 26.8 Å². The van der Waals surface area contributed by atoms with Crippen molar-refractivity contribution in [3.8, 4) is 0 Å². The van der Waals surface area contributed by atoms with Gasteiger partial charge in [0.05, 0.1) is 5.52 Å². The van der Waals surface area contributed by atoms with Gasteiger partial charge in [-0.15, -0.1) is 0 Å². The van der Waals surface area contributed by atoms with Gasteiger partial charge in [-0.2, -0.15) is 0 Å². The van der Waals surface area contributed by atoms with Gasteiger partial charge in [0.25, 0.3) is 0 Å². The first-order chi connectivity index (χ1) is 8.29. The molecular formula is C14H16BrNO. The molecule has 2 nitrogen and oxygen atoms in total. The number of benzene rings is 1. The van der Waals surface area contributed by atoms with Crippen LogP contribution in [0.25, 0.3) is 10.9 Å². The van der Waals surface area contributed by atoms with Crippen molar-refractivity contribution < 1.29 is 5.11 Å². The van der Waals surface area contributed by atoms with Gasteiger partial charge in [-0.25, -0.2) is 0 Å². The summed E-state index contributed by atoms with van der Waals surface area (Å²) in [6.45, 7) is 1.40. The lowest BCUT2D eigenvalue weighted by Crippen LogP contribution is -2.10. The van der Waals surface area contributed by atoms with Gasteiger partial charge in [-0.1, -0.05) is 15.9 Å². The average Bonchev–Trinajstić information content (AvgIpc) is 2.66. The summed E-state index contributed by atoms with van der Waals surface area (Å²) >= 11 is 3.59. The number of rotatable bonds is 3. The van der Waals surface area contributed by atoms with E-state index in [1.54, 1.807) is 0 Å². The molecule has 17 heavy (non-hydrogen) atoms. The van der Waals surface area contributed by atoms with Gasteiger partial charge in [0.1, 0.15) is 0 Å². The largest absolute Gasteiger partial charge is 0.396 e. The Hall–Kier alpha value is -0.800. The molecule has 1 aliphatic rings. The van der Waals surface area contributed by atoms with Gasteiger partial charge < -0.3 is 9.67 Å². The van der Waals surface area contributed by atoms with Crippen molar-refractivity contribution in [2.24, 2.45) is 0 Å². The number of aliphatic hydroxyl groups is 1. The minimum atomic E-state index is 0.276. The number of aryl methyl sites for hydroxylation is 3. The summed E-state index contributed by atoms with van der Waals surface area (Å²) in [4.78, 5) is 0. The molecule has 1 aromatic heterocycles. The second-order valence-corrected chi connectivity index (χ2v) is 5.64. The maximum absolute atomic E-state index is 8.96. The van der Waals surface area contributed by atoms with Crippen LogP contribution in [0.4, 0.5) is 0 Å². The number of nitrogens with zero attached hydrogens (tertiary/aromatic N) is 1. The lowest BCUT2D eigenvalue weighted by Gasteiger charge is -2.18. The highest BCUT2D eigenvalue weighted by Gasteiger charge is 2.16. The molecule has 3 rings (SSSR count). The van der Waals surface area contributed by atoms with Gasteiger partial charge in [0.15, 0.2) is 0 Å². The Morgan fingerprint density at radius 3 is 3.00 bits per heavy atom. The van der Waals surface area contributed by atoms with Crippen LogP contribution in [0, 0.1) is 0 Å². The number of aromatic nitrogens is 1. The maximum Gasteiger partial charge on any atom is 0.0515 e. The Labute approximate surface area is 109 Å². The fourth-order valence-electron chi connectivity index (χ4n) is 2.86. The Morgan fingerprint density at radius 1 is 1.29 bits per heavy atom. The van der Waals surface area contributed by atoms with E-state index in [4.69, 9.17) is 5.11 Å². The van der Waals surface area contributed by atoms with E-state index in [2.05, 4.69) is 38.7 Å². The van der Waals surface area contributed by atoms with Crippen LogP contribution in [0.2, 0.25) is 0 Å². The molecule has 0 atom stereocenters. The third-order valence-electron chi connectivity index (χ3n) is 3.54. The lowest BCUT2D eigenvalue weighted by molar-refractivity contribution is 0.287. The molecule has 0 spiro atoms. The maximum atomic E-state index is 8.96. The van der Waals surface area contributed by atoms with Crippen LogP contribution in [-0.4, -0.2) is 16.3 Å². The smallest absolute Gasteiger partial charge is 0.0515 e. The highest BCUT2D eigenvalue weighted by molar-refractivity contribution is 9.10. The minimum absolute atomic E-state index is 0.276. The third-order valence-corrected chi connectivity index (χ3v) is 4.00. The molecule has 1 N–H and O–H groups in total. The molecule has 0 saturated carbocycles. The van der Waals surface area contributed by atoms with E-state index in [0.29, 0.717) is 0 Å². The summed E-state index contributed by atoms with van der Waals surface area (Å²) in [5.41, 5.74) is 4.23. The quantitative estimate of drug-likeness (QED) is 0.923. The van der Waals surface area contributed by atoms with E-state index < -0.39 is 0 Å². The van der Waals surface area contributed by atoms with Crippen LogP contribution in [0.1, 0.15) is 24.1 Å². The molecule has 90 valence electrons. The normalized spacial score (nSPS) is 14.5. The summed E-state index contributed by atoms with van der Waals surface area (Å²) in [5.74, 6) is 0. The molecule has 0 amide bonds. The van der Waals surface area contributed by atoms with E-state index in [1.807, 2.05) is 0 Å². The molecule has 1 aliphatic heterocycles. The monoisotopic (exact) mass is 293 g/mol. The fourth-order valence-corrected chi connectivity index (χ4v) is 3.38. The van der Waals surface area contributed by atoms with E-state index in [-0.39, 0.29) is 6.61 Å². The van der Waals surface area contributed by atoms with Crippen molar-refractivity contribution in [3.05, 3.63) is 33.9 Å². The van der Waals surface area contributed by atoms with Crippen molar-refractivity contribution in [2.45, 2.75) is 32.2 Å². The Morgan fingerprint density at radius 2 is 2.18 bits per heavy atom. The summed E-state index contributed by atoms with van der Waals surface area (Å²) in [6.07, 6.45) is 4.23. The molecule has 0 saturated heterocycles. The number of halogens is 1. The van der Waals surface area contributed by atoms with Gasteiger partial charge in [-0.3, -0.25) is 0 Å². The Kier molecular flexibility index (Phi) is 2.97. The molecule has 0 unspecified atom stereocenters. The van der Waals surface area contributed by atoms with Gasteiger partial charge in [0, 0.05) is 28.7 Å². The predicted molar refractivity (Wildman–Crippen MR) is 73.4 cm³/mol. The van der Waals surface area contributed by atoms with Gasteiger partial charge >= 0.3 is 0 Å². The summed E-state index contributed by atoms with van der Waals surface area (Å²) < 4.78 is 3.61. The Balaban J connectivity index is 2.17. The van der Waals surface area contributed by atoms with E-state index in [9.17, 15) is 0 Å². The highest BCUT2D eigenvalue weighted by Crippen LogP contribution is 2.32. The molecule has 3 heteroatoms. The van der Waals surface area contributed by atoms with Crippen LogP contribution in [0.3, 0.4) is 0 Å². The molecule has 0 aliphatic carbocycles. The molecule has 2 heterocycles. The summed E-state index contributed by atoms with van der Waals surface area (Å²) in [5, 5.41) is 10.3. The number of aliphatic hydroxyl groups excluding tert-OH is 1. The van der Waals surface area contributed by atoms with Crippen LogP contribution < -0.4 is 0 Å². The summed E-state index contributed by atoms with van der Waals surface area (Å²) in [7, 11) is 0. The van der Waals surface area contributed by atoms with E-state index in [1.165, 1.54) is 39.5 Å². The van der Waals surface area contributed by atoms with Crippen molar-refractivity contribution in [3.63, 3.8) is 0 Å². The van der Waals surface area contributed by atoms with E-state index >= 15 is 0 Å². The van der Waals surface area contributed by atoms with Crippen molar-refractivity contribution in [1.82, 2.24) is 4.57 Å². The van der Waals surface area contributed by atoms with Gasteiger partial charge in [-0.05, 0) is 49.4 Å². The zero-order valence-electron chi connectivity index (χ0n) is 9.75. The highest BCUT2D eigenvalue weighted by atomic mass is 79.9. The molecular weight excluding hydrogens is 278 g/mol. The molecule has 1 aromatic carbocycles. The fraction of sp³-hybridized carbons (Fsp3) is 0.429. The second-order valence-electron chi connectivity index (χ2n) is 4.72. The zero-order valence-corrected chi connectivity index (χ0v) is 11.3. The first-order valence-electron chi connectivity index (χ1n) is 6.21.